The summed E-state index contributed by atoms with van der Waals surface area (Å²) in [6, 6.07) is 3.37. The third kappa shape index (κ3) is 4.75. The highest BCUT2D eigenvalue weighted by Crippen LogP contribution is 2.27. The fourth-order valence-corrected chi connectivity index (χ4v) is 4.78. The van der Waals surface area contributed by atoms with Crippen molar-refractivity contribution >= 4 is 33.4 Å². The molecule has 0 bridgehead atoms. The Labute approximate surface area is 159 Å². The molecule has 1 saturated heterocycles. The molecule has 9 heteroatoms. The van der Waals surface area contributed by atoms with E-state index in [1.54, 1.807) is 13.8 Å². The number of nitrogens with zero attached hydrogens (tertiary/aromatic N) is 1. The second kappa shape index (κ2) is 8.83. The highest BCUT2D eigenvalue weighted by molar-refractivity contribution is 7.89. The van der Waals surface area contributed by atoms with Gasteiger partial charge in [0, 0.05) is 25.2 Å². The van der Waals surface area contributed by atoms with Crippen LogP contribution in [0.2, 0.25) is 5.02 Å². The van der Waals surface area contributed by atoms with Crippen LogP contribution >= 0.6 is 11.6 Å². The molecule has 1 aromatic carbocycles. The molecule has 0 spiro atoms. The van der Waals surface area contributed by atoms with Gasteiger partial charge >= 0.3 is 0 Å². The molecule has 1 heterocycles. The van der Waals surface area contributed by atoms with Gasteiger partial charge in [-0.25, -0.2) is 8.42 Å². The molecule has 26 heavy (non-hydrogen) atoms. The van der Waals surface area contributed by atoms with E-state index < -0.39 is 22.0 Å². The maximum Gasteiger partial charge on any atom is 0.251 e. The second-order valence-corrected chi connectivity index (χ2v) is 8.51. The lowest BCUT2D eigenvalue weighted by atomic mass is 10.2. The molecule has 1 aliphatic rings. The summed E-state index contributed by atoms with van der Waals surface area (Å²) in [4.78, 5) is 24.1. The molecule has 1 aromatic rings. The monoisotopic (exact) mass is 401 g/mol. The molecule has 2 rings (SSSR count). The standard InChI is InChI=1S/C17H24ClN3O4S/c1-3-19-16(22)12(2)20-17(23)13-7-8-14(18)15(11-13)26(24,25)21-9-5-4-6-10-21/h7-8,11-12H,3-6,9-10H2,1-2H3,(H,19,22)(H,20,23)/t12-/m0/s1. The van der Waals surface area contributed by atoms with Crippen molar-refractivity contribution in [2.75, 3.05) is 19.6 Å². The first-order chi connectivity index (χ1) is 12.3. The molecule has 1 fully saturated rings. The quantitative estimate of drug-likeness (QED) is 0.759. The number of hydrogen-bond donors (Lipinski definition) is 2. The zero-order chi connectivity index (χ0) is 19.3. The summed E-state index contributed by atoms with van der Waals surface area (Å²) in [5.41, 5.74) is 0.140. The first-order valence-electron chi connectivity index (χ1n) is 8.65. The van der Waals surface area contributed by atoms with Gasteiger partial charge in [0.1, 0.15) is 10.9 Å². The predicted octanol–water partition coefficient (Wildman–Crippen LogP) is 1.77. The van der Waals surface area contributed by atoms with Crippen LogP contribution in [0, 0.1) is 0 Å². The van der Waals surface area contributed by atoms with Crippen LogP contribution < -0.4 is 10.6 Å². The van der Waals surface area contributed by atoms with Crippen molar-refractivity contribution in [1.29, 1.82) is 0 Å². The van der Waals surface area contributed by atoms with E-state index in [-0.39, 0.29) is 21.4 Å². The van der Waals surface area contributed by atoms with Crippen LogP contribution in [0.25, 0.3) is 0 Å². The SMILES string of the molecule is CCNC(=O)[C@H](C)NC(=O)c1ccc(Cl)c(S(=O)(=O)N2CCCCC2)c1. The van der Waals surface area contributed by atoms with E-state index in [2.05, 4.69) is 10.6 Å². The van der Waals surface area contributed by atoms with Crippen LogP contribution in [0.15, 0.2) is 23.1 Å². The van der Waals surface area contributed by atoms with Gasteiger partial charge in [0.2, 0.25) is 15.9 Å². The minimum atomic E-state index is -3.76. The molecular formula is C17H24ClN3O4S. The number of nitrogens with one attached hydrogen (secondary N) is 2. The van der Waals surface area contributed by atoms with E-state index in [4.69, 9.17) is 11.6 Å². The van der Waals surface area contributed by atoms with Crippen molar-refractivity contribution in [3.05, 3.63) is 28.8 Å². The van der Waals surface area contributed by atoms with Crippen LogP contribution in [0.1, 0.15) is 43.5 Å². The minimum absolute atomic E-state index is 0.0731. The third-order valence-corrected chi connectivity index (χ3v) is 6.60. The molecular weight excluding hydrogens is 378 g/mol. The van der Waals surface area contributed by atoms with Gasteiger partial charge in [0.05, 0.1) is 5.02 Å². The number of carbonyl (C=O) groups is 2. The smallest absolute Gasteiger partial charge is 0.251 e. The van der Waals surface area contributed by atoms with Crippen molar-refractivity contribution < 1.29 is 18.0 Å². The van der Waals surface area contributed by atoms with Gasteiger partial charge in [-0.15, -0.1) is 0 Å². The van der Waals surface area contributed by atoms with Crippen LogP contribution in [0.4, 0.5) is 0 Å². The molecule has 7 nitrogen and oxygen atoms in total. The Hall–Kier alpha value is -1.64. The van der Waals surface area contributed by atoms with E-state index in [0.29, 0.717) is 19.6 Å². The lowest BCUT2D eigenvalue weighted by Gasteiger charge is -2.26. The number of hydrogen-bond acceptors (Lipinski definition) is 4. The molecule has 1 aliphatic heterocycles. The summed E-state index contributed by atoms with van der Waals surface area (Å²) < 4.78 is 27.1. The number of halogens is 1. The Bertz CT molecular complexity index is 776. The van der Waals surface area contributed by atoms with Crippen LogP contribution in [-0.2, 0) is 14.8 Å². The minimum Gasteiger partial charge on any atom is -0.355 e. The molecule has 0 aromatic heterocycles. The summed E-state index contributed by atoms with van der Waals surface area (Å²) in [6.07, 6.45) is 2.61. The van der Waals surface area contributed by atoms with Crippen molar-refractivity contribution in [3.8, 4) is 0 Å². The summed E-state index contributed by atoms with van der Waals surface area (Å²) in [6.45, 7) is 4.69. The van der Waals surface area contributed by atoms with Crippen molar-refractivity contribution in [3.63, 3.8) is 0 Å². The number of likely N-dealkylation sites (N-methyl/N-ethyl adjacent to an activating group) is 1. The Morgan fingerprint density at radius 1 is 1.23 bits per heavy atom. The van der Waals surface area contributed by atoms with Crippen LogP contribution in [0.3, 0.4) is 0 Å². The van der Waals surface area contributed by atoms with Crippen molar-refractivity contribution in [2.45, 2.75) is 44.0 Å². The summed E-state index contributed by atoms with van der Waals surface area (Å²) in [5, 5.41) is 5.24. The van der Waals surface area contributed by atoms with Gasteiger partial charge in [-0.05, 0) is 44.9 Å². The van der Waals surface area contributed by atoms with E-state index in [1.807, 2.05) is 0 Å². The average molecular weight is 402 g/mol. The molecule has 0 unspecified atom stereocenters. The fraction of sp³-hybridized carbons (Fsp3) is 0.529. The number of amides is 2. The number of rotatable bonds is 6. The zero-order valence-corrected chi connectivity index (χ0v) is 16.5. The predicted molar refractivity (Wildman–Crippen MR) is 99.7 cm³/mol. The first kappa shape index (κ1) is 20.7. The second-order valence-electron chi connectivity index (χ2n) is 6.20. The Morgan fingerprint density at radius 3 is 2.50 bits per heavy atom. The molecule has 0 saturated carbocycles. The number of piperidine rings is 1. The maximum absolute atomic E-state index is 12.8. The van der Waals surface area contributed by atoms with Gasteiger partial charge < -0.3 is 10.6 Å². The zero-order valence-electron chi connectivity index (χ0n) is 14.9. The number of sulfonamides is 1. The number of carbonyl (C=O) groups excluding carboxylic acids is 2. The molecule has 0 aliphatic carbocycles. The normalized spacial score (nSPS) is 16.7. The Balaban J connectivity index is 2.23. The summed E-state index contributed by atoms with van der Waals surface area (Å²) >= 11 is 6.10. The Kier molecular flexibility index (Phi) is 7.02. The summed E-state index contributed by atoms with van der Waals surface area (Å²) in [7, 11) is -3.76. The van der Waals surface area contributed by atoms with Crippen LogP contribution in [-0.4, -0.2) is 50.2 Å². The molecule has 1 atom stereocenters. The lowest BCUT2D eigenvalue weighted by Crippen LogP contribution is -2.44. The summed E-state index contributed by atoms with van der Waals surface area (Å²) in [5.74, 6) is -0.841. The van der Waals surface area contributed by atoms with Crippen LogP contribution in [0.5, 0.6) is 0 Å². The van der Waals surface area contributed by atoms with Gasteiger partial charge in [-0.2, -0.15) is 4.31 Å². The topological polar surface area (TPSA) is 95.6 Å². The maximum atomic E-state index is 12.8. The molecule has 2 amide bonds. The van der Waals surface area contributed by atoms with E-state index in [9.17, 15) is 18.0 Å². The fourth-order valence-electron chi connectivity index (χ4n) is 2.76. The largest absolute Gasteiger partial charge is 0.355 e. The highest BCUT2D eigenvalue weighted by Gasteiger charge is 2.29. The Morgan fingerprint density at radius 2 is 1.88 bits per heavy atom. The lowest BCUT2D eigenvalue weighted by molar-refractivity contribution is -0.122. The number of benzene rings is 1. The van der Waals surface area contributed by atoms with E-state index in [0.717, 1.165) is 19.3 Å². The van der Waals surface area contributed by atoms with Crippen molar-refractivity contribution in [1.82, 2.24) is 14.9 Å². The first-order valence-corrected chi connectivity index (χ1v) is 10.5. The molecule has 144 valence electrons. The van der Waals surface area contributed by atoms with Gasteiger partial charge in [0.15, 0.2) is 0 Å². The highest BCUT2D eigenvalue weighted by atomic mass is 35.5. The van der Waals surface area contributed by atoms with Gasteiger partial charge in [-0.3, -0.25) is 9.59 Å². The average Bonchev–Trinajstić information content (AvgIpc) is 2.62. The molecule has 0 radical (unpaired) electrons. The van der Waals surface area contributed by atoms with Gasteiger partial charge in [-0.1, -0.05) is 18.0 Å². The molecule has 2 N–H and O–H groups in total. The third-order valence-electron chi connectivity index (χ3n) is 4.22. The van der Waals surface area contributed by atoms with E-state index in [1.165, 1.54) is 22.5 Å². The van der Waals surface area contributed by atoms with E-state index >= 15 is 0 Å². The van der Waals surface area contributed by atoms with Gasteiger partial charge in [0.25, 0.3) is 5.91 Å². The van der Waals surface area contributed by atoms with Crippen molar-refractivity contribution in [2.24, 2.45) is 0 Å².